The number of unbranched alkanes of at least 4 members (excludes halogenated alkanes) is 2. The first-order valence-electron chi connectivity index (χ1n) is 6.00. The van der Waals surface area contributed by atoms with Crippen molar-refractivity contribution in [2.45, 2.75) is 59.0 Å². The van der Waals surface area contributed by atoms with Crippen molar-refractivity contribution in [3.05, 3.63) is 0 Å². The topological polar surface area (TPSA) is 83.5 Å². The van der Waals surface area contributed by atoms with Crippen LogP contribution in [0.15, 0.2) is 0 Å². The van der Waals surface area contributed by atoms with Crippen molar-refractivity contribution < 1.29 is 15.0 Å². The third-order valence-corrected chi connectivity index (χ3v) is 2.01. The highest BCUT2D eigenvalue weighted by atomic mass is 16.4. The van der Waals surface area contributed by atoms with Crippen LogP contribution in [0.1, 0.15) is 52.9 Å². The number of nitrogens with two attached hydrogens (primary N) is 1. The predicted octanol–water partition coefficient (Wildman–Crippen LogP) is 2.00. The molecule has 98 valence electrons. The highest BCUT2D eigenvalue weighted by Crippen LogP contribution is 2.08. The fourth-order valence-electron chi connectivity index (χ4n) is 1.01. The van der Waals surface area contributed by atoms with E-state index in [4.69, 9.17) is 15.9 Å². The minimum Gasteiger partial charge on any atom is -0.481 e. The molecule has 0 aliphatic heterocycles. The van der Waals surface area contributed by atoms with Gasteiger partial charge in [-0.05, 0) is 19.3 Å². The number of hydrogen-bond donors (Lipinski definition) is 3. The van der Waals surface area contributed by atoms with E-state index in [0.717, 1.165) is 18.8 Å². The van der Waals surface area contributed by atoms with Gasteiger partial charge in [0.15, 0.2) is 0 Å². The molecule has 0 aromatic heterocycles. The Hall–Kier alpha value is -0.610. The molecular formula is C12H27NO3. The molecule has 0 heterocycles. The number of aliphatic carboxylic acids is 1. The van der Waals surface area contributed by atoms with Gasteiger partial charge in [0.25, 0.3) is 0 Å². The highest BCUT2D eigenvalue weighted by molar-refractivity contribution is 5.66. The average molecular weight is 233 g/mol. The summed E-state index contributed by atoms with van der Waals surface area (Å²) < 4.78 is 0. The summed E-state index contributed by atoms with van der Waals surface area (Å²) in [5.41, 5.74) is 4.92. The van der Waals surface area contributed by atoms with Crippen molar-refractivity contribution in [3.8, 4) is 0 Å². The first-order valence-corrected chi connectivity index (χ1v) is 6.00. The summed E-state index contributed by atoms with van der Waals surface area (Å²) in [7, 11) is 0. The van der Waals surface area contributed by atoms with Crippen LogP contribution in [-0.2, 0) is 4.79 Å². The first kappa shape index (κ1) is 17.8. The van der Waals surface area contributed by atoms with Crippen molar-refractivity contribution in [3.63, 3.8) is 0 Å². The van der Waals surface area contributed by atoms with Gasteiger partial charge in [-0.1, -0.05) is 33.1 Å². The van der Waals surface area contributed by atoms with E-state index in [9.17, 15) is 4.79 Å². The fraction of sp³-hybridized carbons (Fsp3) is 0.917. The Balaban J connectivity index is 0. The van der Waals surface area contributed by atoms with E-state index in [0.29, 0.717) is 13.0 Å². The summed E-state index contributed by atoms with van der Waals surface area (Å²) in [5.74, 6) is 0.0781. The number of hydrogen-bond acceptors (Lipinski definition) is 3. The lowest BCUT2D eigenvalue weighted by Crippen LogP contribution is -2.14. The van der Waals surface area contributed by atoms with Crippen LogP contribution in [0.25, 0.3) is 0 Å². The van der Waals surface area contributed by atoms with Crippen molar-refractivity contribution >= 4 is 5.97 Å². The predicted molar refractivity (Wildman–Crippen MR) is 66.3 cm³/mol. The lowest BCUT2D eigenvalue weighted by Gasteiger charge is -2.02. The molecule has 0 amide bonds. The number of aliphatic hydroxyl groups excluding tert-OH is 1. The SMILES string of the molecule is CC(C)CCCCCC(=O)O.CC(O)CN. The molecule has 0 saturated carbocycles. The number of rotatable bonds is 7. The average Bonchev–Trinajstić information content (AvgIpc) is 2.17. The van der Waals surface area contributed by atoms with E-state index < -0.39 is 5.97 Å². The minimum atomic E-state index is -0.672. The van der Waals surface area contributed by atoms with Gasteiger partial charge in [0.1, 0.15) is 0 Å². The largest absolute Gasteiger partial charge is 0.481 e. The molecule has 0 aliphatic carbocycles. The molecule has 4 N–H and O–H groups in total. The van der Waals surface area contributed by atoms with Crippen molar-refractivity contribution in [2.24, 2.45) is 11.7 Å². The van der Waals surface area contributed by atoms with Crippen LogP contribution in [0.4, 0.5) is 0 Å². The van der Waals surface area contributed by atoms with Crippen molar-refractivity contribution in [1.82, 2.24) is 0 Å². The maximum atomic E-state index is 10.1. The van der Waals surface area contributed by atoms with Crippen LogP contribution in [-0.4, -0.2) is 28.8 Å². The Morgan fingerprint density at radius 3 is 2.00 bits per heavy atom. The second kappa shape index (κ2) is 12.5. The molecule has 4 heteroatoms. The first-order chi connectivity index (χ1) is 7.40. The van der Waals surface area contributed by atoms with Crippen LogP contribution in [0.2, 0.25) is 0 Å². The van der Waals surface area contributed by atoms with E-state index in [1.54, 1.807) is 6.92 Å². The second-order valence-electron chi connectivity index (χ2n) is 4.47. The molecule has 0 fully saturated rings. The van der Waals surface area contributed by atoms with Gasteiger partial charge in [0, 0.05) is 13.0 Å². The van der Waals surface area contributed by atoms with E-state index >= 15 is 0 Å². The second-order valence-corrected chi connectivity index (χ2v) is 4.47. The molecule has 0 aliphatic rings. The Kier molecular flexibility index (Phi) is 13.8. The summed E-state index contributed by atoms with van der Waals surface area (Å²) in [6, 6.07) is 0. The van der Waals surface area contributed by atoms with Gasteiger partial charge in [-0.2, -0.15) is 0 Å². The van der Waals surface area contributed by atoms with Gasteiger partial charge >= 0.3 is 5.97 Å². The monoisotopic (exact) mass is 233 g/mol. The third kappa shape index (κ3) is 23.3. The molecule has 0 aromatic rings. The van der Waals surface area contributed by atoms with Gasteiger partial charge in [-0.3, -0.25) is 4.79 Å². The quantitative estimate of drug-likeness (QED) is 0.587. The molecule has 0 spiro atoms. The van der Waals surface area contributed by atoms with Gasteiger partial charge in [0.2, 0.25) is 0 Å². The Morgan fingerprint density at radius 2 is 1.69 bits per heavy atom. The van der Waals surface area contributed by atoms with E-state index in [2.05, 4.69) is 13.8 Å². The number of carbonyl (C=O) groups is 1. The third-order valence-electron chi connectivity index (χ3n) is 2.01. The smallest absolute Gasteiger partial charge is 0.303 e. The van der Waals surface area contributed by atoms with Crippen LogP contribution >= 0.6 is 0 Å². The van der Waals surface area contributed by atoms with Crippen LogP contribution in [0.5, 0.6) is 0 Å². The maximum absolute atomic E-state index is 10.1. The molecular weight excluding hydrogens is 206 g/mol. The van der Waals surface area contributed by atoms with E-state index in [1.807, 2.05) is 0 Å². The summed E-state index contributed by atoms with van der Waals surface area (Å²) >= 11 is 0. The summed E-state index contributed by atoms with van der Waals surface area (Å²) in [5, 5.41) is 16.6. The lowest BCUT2D eigenvalue weighted by atomic mass is 10.0. The maximum Gasteiger partial charge on any atom is 0.303 e. The number of carboxylic acids is 1. The van der Waals surface area contributed by atoms with Crippen LogP contribution in [0, 0.1) is 5.92 Å². The Bertz CT molecular complexity index is 158. The van der Waals surface area contributed by atoms with E-state index in [1.165, 1.54) is 12.8 Å². The summed E-state index contributed by atoms with van der Waals surface area (Å²) in [6.07, 6.45) is 4.28. The molecule has 1 unspecified atom stereocenters. The molecule has 0 rings (SSSR count). The molecule has 1 atom stereocenters. The van der Waals surface area contributed by atoms with Gasteiger partial charge in [-0.15, -0.1) is 0 Å². The zero-order valence-corrected chi connectivity index (χ0v) is 10.8. The zero-order chi connectivity index (χ0) is 13.0. The molecule has 16 heavy (non-hydrogen) atoms. The van der Waals surface area contributed by atoms with E-state index in [-0.39, 0.29) is 6.10 Å². The van der Waals surface area contributed by atoms with Crippen LogP contribution < -0.4 is 5.73 Å². The molecule has 0 aromatic carbocycles. The summed E-state index contributed by atoms with van der Waals surface area (Å²) in [4.78, 5) is 10.1. The minimum absolute atomic E-state index is 0.331. The molecule has 0 radical (unpaired) electrons. The standard InChI is InChI=1S/C9H18O2.C3H9NO/c1-8(2)6-4-3-5-7-9(10)11;1-3(5)2-4/h8H,3-7H2,1-2H3,(H,10,11);3,5H,2,4H2,1H3. The van der Waals surface area contributed by atoms with Crippen molar-refractivity contribution in [2.75, 3.05) is 6.54 Å². The number of carboxylic acid groups (broad SMARTS) is 1. The van der Waals surface area contributed by atoms with Crippen LogP contribution in [0.3, 0.4) is 0 Å². The summed E-state index contributed by atoms with van der Waals surface area (Å²) in [6.45, 7) is 6.40. The lowest BCUT2D eigenvalue weighted by molar-refractivity contribution is -0.137. The highest BCUT2D eigenvalue weighted by Gasteiger charge is 1.97. The Morgan fingerprint density at radius 1 is 1.19 bits per heavy atom. The number of aliphatic hydroxyl groups is 1. The Labute approximate surface area is 98.8 Å². The normalized spacial score (nSPS) is 11.9. The zero-order valence-electron chi connectivity index (χ0n) is 10.8. The van der Waals surface area contributed by atoms with Gasteiger partial charge in [0.05, 0.1) is 6.10 Å². The molecule has 0 saturated heterocycles. The van der Waals surface area contributed by atoms with Gasteiger partial charge < -0.3 is 15.9 Å². The van der Waals surface area contributed by atoms with Crippen molar-refractivity contribution in [1.29, 1.82) is 0 Å². The van der Waals surface area contributed by atoms with Gasteiger partial charge in [-0.25, -0.2) is 0 Å². The molecule has 0 bridgehead atoms. The fourth-order valence-corrected chi connectivity index (χ4v) is 1.01. The molecule has 4 nitrogen and oxygen atoms in total.